The van der Waals surface area contributed by atoms with E-state index in [0.29, 0.717) is 0 Å². The van der Waals surface area contributed by atoms with Crippen LogP contribution in [0.5, 0.6) is 0 Å². The van der Waals surface area contributed by atoms with Gasteiger partial charge in [-0.05, 0) is 0 Å². The molecule has 0 amide bonds. The van der Waals surface area contributed by atoms with Gasteiger partial charge in [0.1, 0.15) is 0 Å². The lowest BCUT2D eigenvalue weighted by molar-refractivity contribution is -0.0116. The first kappa shape index (κ1) is 9.30. The maximum atomic E-state index is 11.9. The third kappa shape index (κ3) is 3.35. The first-order chi connectivity index (χ1) is 4.72. The predicted octanol–water partition coefficient (Wildman–Crippen LogP) is 1.88. The zero-order valence-corrected chi connectivity index (χ0v) is 5.76. The summed E-state index contributed by atoms with van der Waals surface area (Å²) >= 11 is 0. The molecule has 0 fully saturated rings. The molecule has 0 saturated carbocycles. The van der Waals surface area contributed by atoms with Crippen molar-refractivity contribution in [3.63, 3.8) is 0 Å². The van der Waals surface area contributed by atoms with Gasteiger partial charge in [-0.25, -0.2) is 4.90 Å². The molecule has 0 aromatic carbocycles. The van der Waals surface area contributed by atoms with Crippen LogP contribution >= 0.6 is 0 Å². The van der Waals surface area contributed by atoms with Gasteiger partial charge < -0.3 is 0 Å². The zero-order chi connectivity index (χ0) is 7.98. The normalized spacial score (nSPS) is 10.4. The molecule has 0 N–H and O–H groups in total. The largest absolute Gasteiger partial charge is 0.295 e. The Morgan fingerprint density at radius 1 is 1.20 bits per heavy atom. The third-order valence-electron chi connectivity index (χ3n) is 1.00. The van der Waals surface area contributed by atoms with Gasteiger partial charge in [-0.2, -0.15) is 8.78 Å². The molecular formula is C7H11F2N. The van der Waals surface area contributed by atoms with E-state index in [1.165, 1.54) is 12.2 Å². The molecule has 10 heavy (non-hydrogen) atoms. The summed E-state index contributed by atoms with van der Waals surface area (Å²) in [6, 6.07) is 0. The predicted molar refractivity (Wildman–Crippen MR) is 38.0 cm³/mol. The standard InChI is InChI=1S/C7H11F2N/c1-3-5-10(6-4-2)7(8)9/h3-4,7H,1-2,5-6H2. The van der Waals surface area contributed by atoms with E-state index in [-0.39, 0.29) is 13.1 Å². The number of hydrogen-bond acceptors (Lipinski definition) is 1. The monoisotopic (exact) mass is 147 g/mol. The Hall–Kier alpha value is -0.700. The van der Waals surface area contributed by atoms with Gasteiger partial charge in [0.2, 0.25) is 0 Å². The lowest BCUT2D eigenvalue weighted by Crippen LogP contribution is -2.29. The second-order valence-electron chi connectivity index (χ2n) is 1.81. The summed E-state index contributed by atoms with van der Waals surface area (Å²) in [7, 11) is 0. The van der Waals surface area contributed by atoms with Crippen LogP contribution in [0.3, 0.4) is 0 Å². The van der Waals surface area contributed by atoms with Crippen molar-refractivity contribution in [2.24, 2.45) is 0 Å². The molecule has 0 bridgehead atoms. The molecule has 0 radical (unpaired) electrons. The highest BCUT2D eigenvalue weighted by Gasteiger charge is 2.11. The third-order valence-corrected chi connectivity index (χ3v) is 1.00. The fourth-order valence-electron chi connectivity index (χ4n) is 0.566. The molecule has 0 aliphatic rings. The van der Waals surface area contributed by atoms with E-state index in [9.17, 15) is 8.78 Å². The molecule has 0 aliphatic carbocycles. The summed E-state index contributed by atoms with van der Waals surface area (Å²) in [4.78, 5) is 0.958. The number of rotatable bonds is 5. The van der Waals surface area contributed by atoms with Crippen LogP contribution in [-0.2, 0) is 0 Å². The lowest BCUT2D eigenvalue weighted by Gasteiger charge is -2.16. The van der Waals surface area contributed by atoms with Crippen LogP contribution in [0.15, 0.2) is 25.3 Å². The van der Waals surface area contributed by atoms with Crippen molar-refractivity contribution in [2.75, 3.05) is 13.1 Å². The summed E-state index contributed by atoms with van der Waals surface area (Å²) in [5.41, 5.74) is 0. The minimum atomic E-state index is -2.42. The van der Waals surface area contributed by atoms with E-state index >= 15 is 0 Å². The fourth-order valence-corrected chi connectivity index (χ4v) is 0.566. The van der Waals surface area contributed by atoms with Gasteiger partial charge in [-0.1, -0.05) is 12.2 Å². The molecule has 58 valence electrons. The summed E-state index contributed by atoms with van der Waals surface area (Å²) in [6.07, 6.45) is 2.88. The van der Waals surface area contributed by atoms with Gasteiger partial charge in [-0.3, -0.25) is 0 Å². The molecule has 0 rings (SSSR count). The van der Waals surface area contributed by atoms with Crippen molar-refractivity contribution < 1.29 is 8.78 Å². The molecule has 0 spiro atoms. The molecule has 0 atom stereocenters. The molecule has 1 nitrogen and oxygen atoms in total. The van der Waals surface area contributed by atoms with Gasteiger partial charge in [-0.15, -0.1) is 13.2 Å². The average molecular weight is 147 g/mol. The topological polar surface area (TPSA) is 3.24 Å². The first-order valence-electron chi connectivity index (χ1n) is 2.96. The minimum Gasteiger partial charge on any atom is -0.240 e. The Balaban J connectivity index is 3.70. The van der Waals surface area contributed by atoms with Crippen molar-refractivity contribution in [2.45, 2.75) is 6.55 Å². The van der Waals surface area contributed by atoms with E-state index in [1.807, 2.05) is 0 Å². The molecule has 0 aromatic heterocycles. The fraction of sp³-hybridized carbons (Fsp3) is 0.429. The average Bonchev–Trinajstić information content (AvgIpc) is 1.87. The Morgan fingerprint density at radius 3 is 1.80 bits per heavy atom. The minimum absolute atomic E-state index is 0.198. The van der Waals surface area contributed by atoms with Crippen LogP contribution in [0.2, 0.25) is 0 Å². The van der Waals surface area contributed by atoms with Crippen molar-refractivity contribution in [1.29, 1.82) is 0 Å². The molecule has 0 saturated heterocycles. The van der Waals surface area contributed by atoms with Crippen molar-refractivity contribution >= 4 is 0 Å². The number of nitrogens with zero attached hydrogens (tertiary/aromatic N) is 1. The zero-order valence-electron chi connectivity index (χ0n) is 5.76. The van der Waals surface area contributed by atoms with Crippen LogP contribution in [0.1, 0.15) is 0 Å². The molecule has 0 aromatic rings. The molecule has 3 heteroatoms. The Kier molecular flexibility index (Phi) is 4.76. The highest BCUT2D eigenvalue weighted by molar-refractivity contribution is 4.78. The maximum Gasteiger partial charge on any atom is 0.295 e. The summed E-state index contributed by atoms with van der Waals surface area (Å²) in [5.74, 6) is 0. The molecule has 0 heterocycles. The molecule has 0 unspecified atom stereocenters. The molecule has 0 aliphatic heterocycles. The van der Waals surface area contributed by atoms with Crippen LogP contribution in [0.25, 0.3) is 0 Å². The van der Waals surface area contributed by atoms with E-state index in [1.54, 1.807) is 0 Å². The summed E-state index contributed by atoms with van der Waals surface area (Å²) < 4.78 is 23.8. The maximum absolute atomic E-state index is 11.9. The second kappa shape index (κ2) is 5.11. The Bertz CT molecular complexity index is 102. The summed E-state index contributed by atoms with van der Waals surface area (Å²) in [6.45, 7) is 4.69. The van der Waals surface area contributed by atoms with Gasteiger partial charge in [0.25, 0.3) is 6.55 Å². The first-order valence-corrected chi connectivity index (χ1v) is 2.96. The van der Waals surface area contributed by atoms with E-state index in [0.717, 1.165) is 4.90 Å². The van der Waals surface area contributed by atoms with Gasteiger partial charge in [0.15, 0.2) is 0 Å². The van der Waals surface area contributed by atoms with Crippen molar-refractivity contribution in [3.8, 4) is 0 Å². The van der Waals surface area contributed by atoms with Gasteiger partial charge in [0.05, 0.1) is 0 Å². The van der Waals surface area contributed by atoms with Crippen molar-refractivity contribution in [1.82, 2.24) is 4.90 Å². The van der Waals surface area contributed by atoms with E-state index < -0.39 is 6.55 Å². The molecular weight excluding hydrogens is 136 g/mol. The van der Waals surface area contributed by atoms with Crippen molar-refractivity contribution in [3.05, 3.63) is 25.3 Å². The van der Waals surface area contributed by atoms with Crippen LogP contribution in [0.4, 0.5) is 8.78 Å². The Labute approximate surface area is 59.6 Å². The second-order valence-corrected chi connectivity index (χ2v) is 1.81. The van der Waals surface area contributed by atoms with Crippen LogP contribution in [0, 0.1) is 0 Å². The SMILES string of the molecule is C=CCN(CC=C)C(F)F. The smallest absolute Gasteiger partial charge is 0.240 e. The number of halogens is 2. The summed E-state index contributed by atoms with van der Waals surface area (Å²) in [5, 5.41) is 0. The quantitative estimate of drug-likeness (QED) is 0.424. The van der Waals surface area contributed by atoms with Crippen LogP contribution in [-0.4, -0.2) is 24.5 Å². The van der Waals surface area contributed by atoms with E-state index in [2.05, 4.69) is 13.2 Å². The van der Waals surface area contributed by atoms with Crippen LogP contribution < -0.4 is 0 Å². The number of alkyl halides is 2. The number of hydrogen-bond donors (Lipinski definition) is 0. The van der Waals surface area contributed by atoms with Gasteiger partial charge in [0, 0.05) is 13.1 Å². The van der Waals surface area contributed by atoms with E-state index in [4.69, 9.17) is 0 Å². The highest BCUT2D eigenvalue weighted by Crippen LogP contribution is 2.01. The van der Waals surface area contributed by atoms with Gasteiger partial charge >= 0.3 is 0 Å². The highest BCUT2D eigenvalue weighted by atomic mass is 19.3. The Morgan fingerprint density at radius 2 is 1.60 bits per heavy atom. The lowest BCUT2D eigenvalue weighted by atomic mass is 10.5.